The van der Waals surface area contributed by atoms with Gasteiger partial charge in [0.05, 0.1) is 28.4 Å². The molecule has 3 saturated heterocycles. The maximum atomic E-state index is 15.6. The summed E-state index contributed by atoms with van der Waals surface area (Å²) in [6.07, 6.45) is 8.40. The van der Waals surface area contributed by atoms with Gasteiger partial charge < -0.3 is 15.0 Å². The number of aryl methyl sites for hydroxylation is 1. The molecule has 0 aliphatic carbocycles. The molecule has 18 nitrogen and oxygen atoms in total. The minimum absolute atomic E-state index is 0.0225. The van der Waals surface area contributed by atoms with Gasteiger partial charge in [0, 0.05) is 56.8 Å². The molecular weight excluding hydrogens is 794 g/mol. The highest BCUT2D eigenvalue weighted by Crippen LogP contribution is 2.36. The van der Waals surface area contributed by atoms with Gasteiger partial charge in [-0.2, -0.15) is 24.0 Å². The minimum atomic E-state index is -3.96. The van der Waals surface area contributed by atoms with Crippen LogP contribution in [0.15, 0.2) is 60.0 Å². The van der Waals surface area contributed by atoms with Crippen LogP contribution in [-0.4, -0.2) is 114 Å². The highest BCUT2D eigenvalue weighted by atomic mass is 32.2. The zero-order valence-corrected chi connectivity index (χ0v) is 34.3. The Morgan fingerprint density at radius 1 is 1.03 bits per heavy atom. The van der Waals surface area contributed by atoms with Crippen LogP contribution in [-0.2, 0) is 21.9 Å². The van der Waals surface area contributed by atoms with Crippen molar-refractivity contribution in [3.63, 3.8) is 0 Å². The van der Waals surface area contributed by atoms with E-state index in [2.05, 4.69) is 58.0 Å². The first-order valence-corrected chi connectivity index (χ1v) is 21.6. The smallest absolute Gasteiger partial charge is 0.329 e. The van der Waals surface area contributed by atoms with Gasteiger partial charge in [-0.15, -0.1) is 5.10 Å². The second-order valence-corrected chi connectivity index (χ2v) is 17.9. The Balaban J connectivity index is 0.822. The van der Waals surface area contributed by atoms with E-state index < -0.39 is 21.9 Å². The summed E-state index contributed by atoms with van der Waals surface area (Å²) >= 11 is 0. The SMILES string of the molecule is CC(C)Oc1c(-c2cn[nH]c2)ncn2nc(Nc3ccc(S(=O)(=O)N4CCC[C@@H](CN5CCC(c6ccc7c(N8CCC(=O)NC8=O)nn(C)c7c6)CC5)C4)cc3F)nc12. The number of likely N-dealkylation sites (tertiary alicyclic amines) is 1. The molecule has 0 radical (unpaired) electrons. The quantitative estimate of drug-likeness (QED) is 0.161. The van der Waals surface area contributed by atoms with Gasteiger partial charge in [0.1, 0.15) is 17.8 Å². The number of anilines is 3. The maximum absolute atomic E-state index is 15.6. The molecule has 20 heteroatoms. The fourth-order valence-electron chi connectivity index (χ4n) is 8.53. The van der Waals surface area contributed by atoms with Crippen LogP contribution in [0.2, 0.25) is 0 Å². The van der Waals surface area contributed by atoms with Crippen molar-refractivity contribution in [3.05, 3.63) is 66.5 Å². The molecule has 0 saturated carbocycles. The van der Waals surface area contributed by atoms with Crippen LogP contribution in [0.1, 0.15) is 57.4 Å². The number of carbonyl (C=O) groups excluding carboxylic acids is 2. The highest BCUT2D eigenvalue weighted by molar-refractivity contribution is 7.89. The molecule has 9 rings (SSSR count). The van der Waals surface area contributed by atoms with Crippen LogP contribution in [0.3, 0.4) is 0 Å². The zero-order chi connectivity index (χ0) is 41.7. The fraction of sp³-hybridized carbons (Fsp3) is 0.425. The predicted molar refractivity (Wildman–Crippen MR) is 220 cm³/mol. The average molecular weight is 840 g/mol. The van der Waals surface area contributed by atoms with Gasteiger partial charge >= 0.3 is 6.03 Å². The van der Waals surface area contributed by atoms with Crippen LogP contribution < -0.4 is 20.3 Å². The molecule has 2 aromatic carbocycles. The van der Waals surface area contributed by atoms with Crippen LogP contribution >= 0.6 is 0 Å². The van der Waals surface area contributed by atoms with E-state index in [0.29, 0.717) is 54.0 Å². The van der Waals surface area contributed by atoms with E-state index in [9.17, 15) is 18.0 Å². The molecule has 0 unspecified atom stereocenters. The standard InChI is InChI=1S/C40H46FN13O5S/c1-24(2)59-36-35(28-19-43-44-20-28)42-23-54-38(36)47-39(49-54)45-32-9-7-29(18-31(32)41)60(57,58)52-13-4-5-25(22-52)21-51-14-10-26(11-15-51)27-6-8-30-33(17-27)50(3)48-37(30)53-16-12-34(55)46-40(53)56/h6-9,17-20,23-26H,4-5,10-16,21-22H2,1-3H3,(H,43,44)(H,45,49)(H,46,55,56)/t25-/m0/s1. The first-order chi connectivity index (χ1) is 28.9. The fourth-order valence-corrected chi connectivity index (χ4v) is 10.1. The minimum Gasteiger partial charge on any atom is -0.485 e. The number of ether oxygens (including phenoxy) is 1. The number of fused-ring (bicyclic) bond motifs is 2. The molecule has 7 heterocycles. The molecule has 0 spiro atoms. The van der Waals surface area contributed by atoms with Crippen molar-refractivity contribution in [2.24, 2.45) is 13.0 Å². The Morgan fingerprint density at radius 2 is 1.87 bits per heavy atom. The largest absolute Gasteiger partial charge is 0.485 e. The molecular formula is C40H46FN13O5S. The van der Waals surface area contributed by atoms with E-state index >= 15 is 4.39 Å². The van der Waals surface area contributed by atoms with Gasteiger partial charge in [-0.25, -0.2) is 22.6 Å². The summed E-state index contributed by atoms with van der Waals surface area (Å²) < 4.78 is 54.2. The number of hydrogen-bond donors (Lipinski definition) is 3. The van der Waals surface area contributed by atoms with Gasteiger partial charge in [-0.1, -0.05) is 6.07 Å². The molecule has 3 N–H and O–H groups in total. The third-order valence-electron chi connectivity index (χ3n) is 11.5. The summed E-state index contributed by atoms with van der Waals surface area (Å²) in [7, 11) is -2.10. The number of H-pyrrole nitrogens is 1. The maximum Gasteiger partial charge on any atom is 0.329 e. The lowest BCUT2D eigenvalue weighted by atomic mass is 9.88. The number of carbonyl (C=O) groups is 2. The van der Waals surface area contributed by atoms with Gasteiger partial charge in [0.25, 0.3) is 0 Å². The molecule has 3 aliphatic heterocycles. The number of aromatic amines is 1. The number of rotatable bonds is 11. The second-order valence-electron chi connectivity index (χ2n) is 16.0. The number of hydrogen-bond acceptors (Lipinski definition) is 12. The molecule has 3 fully saturated rings. The monoisotopic (exact) mass is 839 g/mol. The van der Waals surface area contributed by atoms with Gasteiger partial charge in [-0.3, -0.25) is 24.8 Å². The van der Waals surface area contributed by atoms with Crippen LogP contribution in [0.4, 0.5) is 26.6 Å². The number of piperidine rings is 2. The number of nitrogens with zero attached hydrogens (tertiary/aromatic N) is 10. The molecule has 0 bridgehead atoms. The molecule has 3 amide bonds. The van der Waals surface area contributed by atoms with E-state index in [-0.39, 0.29) is 40.9 Å². The Labute approximate surface area is 345 Å². The molecule has 314 valence electrons. The second kappa shape index (κ2) is 15.9. The highest BCUT2D eigenvalue weighted by Gasteiger charge is 2.33. The van der Waals surface area contributed by atoms with Crippen molar-refractivity contribution >= 4 is 56.0 Å². The Hall–Kier alpha value is -5.99. The molecule has 4 aromatic heterocycles. The van der Waals surface area contributed by atoms with Crippen molar-refractivity contribution in [2.75, 3.05) is 49.5 Å². The number of aromatic nitrogens is 8. The number of amides is 3. The van der Waals surface area contributed by atoms with Crippen molar-refractivity contribution in [1.82, 2.24) is 54.1 Å². The van der Waals surface area contributed by atoms with E-state index in [0.717, 1.165) is 62.3 Å². The van der Waals surface area contributed by atoms with E-state index in [1.807, 2.05) is 27.0 Å². The number of imide groups is 1. The van der Waals surface area contributed by atoms with Crippen molar-refractivity contribution < 1.29 is 27.1 Å². The van der Waals surface area contributed by atoms with E-state index in [1.54, 1.807) is 17.1 Å². The number of sulfonamides is 1. The third kappa shape index (κ3) is 7.65. The van der Waals surface area contributed by atoms with Crippen LogP contribution in [0.25, 0.3) is 27.8 Å². The summed E-state index contributed by atoms with van der Waals surface area (Å²) in [6, 6.07) is 9.67. The number of benzene rings is 2. The lowest BCUT2D eigenvalue weighted by molar-refractivity contribution is -0.120. The van der Waals surface area contributed by atoms with Crippen molar-refractivity contribution in [1.29, 1.82) is 0 Å². The van der Waals surface area contributed by atoms with E-state index in [4.69, 9.17) is 4.74 Å². The van der Waals surface area contributed by atoms with Gasteiger partial charge in [-0.05, 0) is 100 Å². The molecule has 60 heavy (non-hydrogen) atoms. The van der Waals surface area contributed by atoms with Crippen LogP contribution in [0.5, 0.6) is 5.75 Å². The lowest BCUT2D eigenvalue weighted by Gasteiger charge is -2.38. The molecule has 6 aromatic rings. The summed E-state index contributed by atoms with van der Waals surface area (Å²) in [5, 5.41) is 21.9. The summed E-state index contributed by atoms with van der Waals surface area (Å²) in [6.45, 7) is 7.37. The first-order valence-electron chi connectivity index (χ1n) is 20.2. The molecule has 1 atom stereocenters. The summed E-state index contributed by atoms with van der Waals surface area (Å²) in [5.74, 6) is 0.491. The Bertz CT molecular complexity index is 2690. The zero-order valence-electron chi connectivity index (χ0n) is 33.5. The Morgan fingerprint density at radius 3 is 2.62 bits per heavy atom. The average Bonchev–Trinajstić information content (AvgIpc) is 3.99. The Kier molecular flexibility index (Phi) is 10.4. The van der Waals surface area contributed by atoms with Gasteiger partial charge in [0.15, 0.2) is 11.6 Å². The number of urea groups is 1. The normalized spacial score (nSPS) is 18.8. The topological polar surface area (TPSA) is 201 Å². The van der Waals surface area contributed by atoms with Crippen molar-refractivity contribution in [3.8, 4) is 17.0 Å². The summed E-state index contributed by atoms with van der Waals surface area (Å²) in [5.41, 5.74) is 3.76. The number of halogens is 1. The first kappa shape index (κ1) is 39.5. The predicted octanol–water partition coefficient (Wildman–Crippen LogP) is 4.80. The van der Waals surface area contributed by atoms with Crippen LogP contribution in [0, 0.1) is 11.7 Å². The summed E-state index contributed by atoms with van der Waals surface area (Å²) in [4.78, 5) is 37.1. The number of nitrogens with one attached hydrogen (secondary N) is 3. The molecule has 3 aliphatic rings. The van der Waals surface area contributed by atoms with E-state index in [1.165, 1.54) is 37.7 Å². The lowest BCUT2D eigenvalue weighted by Crippen LogP contribution is -2.49. The van der Waals surface area contributed by atoms with Crippen molar-refractivity contribution in [2.45, 2.75) is 62.9 Å². The van der Waals surface area contributed by atoms with Gasteiger partial charge in [0.2, 0.25) is 27.5 Å². The third-order valence-corrected chi connectivity index (χ3v) is 13.4.